The molecule has 2 aliphatic rings. The summed E-state index contributed by atoms with van der Waals surface area (Å²) in [6, 6.07) is -0.355. The van der Waals surface area contributed by atoms with E-state index in [4.69, 9.17) is 9.47 Å². The van der Waals surface area contributed by atoms with Crippen LogP contribution in [-0.4, -0.2) is 70.5 Å². The molecule has 1 saturated heterocycles. The lowest BCUT2D eigenvalue weighted by atomic mass is 9.98. The van der Waals surface area contributed by atoms with Crippen molar-refractivity contribution in [1.29, 1.82) is 0 Å². The van der Waals surface area contributed by atoms with Crippen LogP contribution in [0.25, 0.3) is 0 Å². The Morgan fingerprint density at radius 2 is 2.18 bits per heavy atom. The fourth-order valence-electron chi connectivity index (χ4n) is 2.26. The van der Waals surface area contributed by atoms with Crippen molar-refractivity contribution in [3.8, 4) is 0 Å². The SMILES string of the molecule is CCOC(=O)NC1=N[C@@H]2[C@@H](O)[C@H](O)[C@@H](CNC(C)C)O[C@@H]2S1. The molecule has 0 saturated carbocycles. The number of amidine groups is 1. The van der Waals surface area contributed by atoms with Gasteiger partial charge in [-0.3, -0.25) is 10.3 Å². The lowest BCUT2D eigenvalue weighted by molar-refractivity contribution is -0.151. The zero-order chi connectivity index (χ0) is 16.3. The zero-order valence-corrected chi connectivity index (χ0v) is 13.7. The van der Waals surface area contributed by atoms with Crippen molar-refractivity contribution in [1.82, 2.24) is 10.6 Å². The van der Waals surface area contributed by atoms with Gasteiger partial charge in [0.25, 0.3) is 0 Å². The molecule has 2 rings (SSSR count). The third kappa shape index (κ3) is 4.11. The minimum atomic E-state index is -1.04. The summed E-state index contributed by atoms with van der Waals surface area (Å²) in [6.07, 6.45) is -3.19. The molecule has 8 nitrogen and oxygen atoms in total. The highest BCUT2D eigenvalue weighted by molar-refractivity contribution is 8.14. The highest BCUT2D eigenvalue weighted by Gasteiger charge is 2.48. The van der Waals surface area contributed by atoms with Crippen LogP contribution in [0.5, 0.6) is 0 Å². The highest BCUT2D eigenvalue weighted by atomic mass is 32.2. The van der Waals surface area contributed by atoms with Crippen LogP contribution in [0.1, 0.15) is 20.8 Å². The summed E-state index contributed by atoms with van der Waals surface area (Å²) in [6.45, 7) is 6.38. The van der Waals surface area contributed by atoms with Gasteiger partial charge in [-0.25, -0.2) is 4.79 Å². The highest BCUT2D eigenvalue weighted by Crippen LogP contribution is 2.35. The lowest BCUT2D eigenvalue weighted by Gasteiger charge is -2.38. The minimum absolute atomic E-state index is 0.249. The second kappa shape index (κ2) is 7.60. The average Bonchev–Trinajstić information content (AvgIpc) is 2.84. The van der Waals surface area contributed by atoms with E-state index < -0.39 is 35.9 Å². The minimum Gasteiger partial charge on any atom is -0.450 e. The Hall–Kier alpha value is -0.870. The van der Waals surface area contributed by atoms with Gasteiger partial charge in [0.1, 0.15) is 29.8 Å². The number of nitrogens with zero attached hydrogens (tertiary/aromatic N) is 1. The largest absolute Gasteiger partial charge is 0.450 e. The van der Waals surface area contributed by atoms with Gasteiger partial charge in [0.2, 0.25) is 0 Å². The Morgan fingerprint density at radius 3 is 2.82 bits per heavy atom. The van der Waals surface area contributed by atoms with Crippen LogP contribution in [0.3, 0.4) is 0 Å². The molecule has 1 fully saturated rings. The van der Waals surface area contributed by atoms with Crippen molar-refractivity contribution >= 4 is 23.0 Å². The molecular weight excluding hydrogens is 310 g/mol. The van der Waals surface area contributed by atoms with E-state index in [2.05, 4.69) is 15.6 Å². The summed E-state index contributed by atoms with van der Waals surface area (Å²) in [4.78, 5) is 15.6. The number of hydrogen-bond acceptors (Lipinski definition) is 8. The molecule has 0 aromatic rings. The predicted octanol–water partition coefficient (Wildman–Crippen LogP) is -0.351. The molecule has 9 heteroatoms. The Balaban J connectivity index is 1.95. The number of fused-ring (bicyclic) bond motifs is 1. The standard InChI is InChI=1S/C13H23N3O5S/c1-4-20-13(19)16-12-15-8-10(18)9(17)7(5-14-6(2)3)21-11(8)22-12/h6-11,14,17-18H,4-5H2,1-3H3,(H,15,16,19)/t7-,8-,9-,10-,11-/m1/s1. The number of aliphatic imine (C=N–C) groups is 1. The maximum absolute atomic E-state index is 11.4. The number of carbonyl (C=O) groups excluding carboxylic acids is 1. The zero-order valence-electron chi connectivity index (χ0n) is 12.9. The van der Waals surface area contributed by atoms with Crippen molar-refractivity contribution in [2.75, 3.05) is 13.2 Å². The Morgan fingerprint density at radius 1 is 1.45 bits per heavy atom. The number of aliphatic hydroxyl groups is 2. The molecule has 126 valence electrons. The summed E-state index contributed by atoms with van der Waals surface area (Å²) in [5, 5.41) is 26.4. The van der Waals surface area contributed by atoms with Crippen LogP contribution < -0.4 is 10.6 Å². The molecule has 5 atom stereocenters. The number of nitrogens with one attached hydrogen (secondary N) is 2. The maximum Gasteiger partial charge on any atom is 0.413 e. The molecule has 2 heterocycles. The number of carbonyl (C=O) groups is 1. The molecule has 4 N–H and O–H groups in total. The third-order valence-corrected chi connectivity index (χ3v) is 4.43. The summed E-state index contributed by atoms with van der Waals surface area (Å²) < 4.78 is 10.6. The van der Waals surface area contributed by atoms with Crippen LogP contribution in [0.2, 0.25) is 0 Å². The second-order valence-electron chi connectivity index (χ2n) is 5.48. The van der Waals surface area contributed by atoms with Gasteiger partial charge in [0, 0.05) is 12.6 Å². The van der Waals surface area contributed by atoms with Crippen molar-refractivity contribution < 1.29 is 24.5 Å². The summed E-state index contributed by atoms with van der Waals surface area (Å²) in [7, 11) is 0. The van der Waals surface area contributed by atoms with Gasteiger partial charge in [-0.05, 0) is 6.92 Å². The third-order valence-electron chi connectivity index (χ3n) is 3.37. The van der Waals surface area contributed by atoms with Crippen molar-refractivity contribution in [3.05, 3.63) is 0 Å². The number of hydrogen-bond donors (Lipinski definition) is 4. The predicted molar refractivity (Wildman–Crippen MR) is 82.8 cm³/mol. The van der Waals surface area contributed by atoms with Crippen LogP contribution in [0.4, 0.5) is 4.79 Å². The molecule has 0 bridgehead atoms. The van der Waals surface area contributed by atoms with Gasteiger partial charge < -0.3 is 25.0 Å². The first-order chi connectivity index (χ1) is 10.4. The van der Waals surface area contributed by atoms with E-state index in [1.807, 2.05) is 13.8 Å². The lowest BCUT2D eigenvalue weighted by Crippen LogP contribution is -2.57. The molecule has 0 aliphatic carbocycles. The first-order valence-corrected chi connectivity index (χ1v) is 8.23. The molecule has 22 heavy (non-hydrogen) atoms. The van der Waals surface area contributed by atoms with Crippen LogP contribution in [0, 0.1) is 0 Å². The van der Waals surface area contributed by atoms with Crippen LogP contribution in [-0.2, 0) is 9.47 Å². The van der Waals surface area contributed by atoms with E-state index in [-0.39, 0.29) is 12.6 Å². The maximum atomic E-state index is 11.4. The van der Waals surface area contributed by atoms with E-state index in [1.165, 1.54) is 11.8 Å². The van der Waals surface area contributed by atoms with Crippen molar-refractivity contribution in [3.63, 3.8) is 0 Å². The first kappa shape index (κ1) is 17.5. The Bertz CT molecular complexity index is 434. The fraction of sp³-hybridized carbons (Fsp3) is 0.846. The number of rotatable bonds is 4. The molecule has 0 spiro atoms. The second-order valence-corrected chi connectivity index (χ2v) is 6.56. The Kier molecular flexibility index (Phi) is 6.04. The normalized spacial score (nSPS) is 34.3. The van der Waals surface area contributed by atoms with Crippen molar-refractivity contribution in [2.24, 2.45) is 4.99 Å². The molecule has 0 aromatic heterocycles. The number of thioether (sulfide) groups is 1. The Labute approximate surface area is 133 Å². The molecule has 0 aromatic carbocycles. The number of amides is 1. The van der Waals surface area contributed by atoms with Gasteiger partial charge in [0.15, 0.2) is 5.17 Å². The van der Waals surface area contributed by atoms with Gasteiger partial charge in [-0.15, -0.1) is 0 Å². The van der Waals surface area contributed by atoms with Crippen molar-refractivity contribution in [2.45, 2.75) is 56.6 Å². The van der Waals surface area contributed by atoms with E-state index in [1.54, 1.807) is 6.92 Å². The van der Waals surface area contributed by atoms with Crippen LogP contribution in [0.15, 0.2) is 4.99 Å². The molecule has 0 radical (unpaired) electrons. The van der Waals surface area contributed by atoms with Gasteiger partial charge in [0.05, 0.1) is 6.61 Å². The monoisotopic (exact) mass is 333 g/mol. The van der Waals surface area contributed by atoms with Gasteiger partial charge in [-0.2, -0.15) is 0 Å². The smallest absolute Gasteiger partial charge is 0.413 e. The summed E-state index contributed by atoms with van der Waals surface area (Å²) in [5.74, 6) is 0. The molecule has 0 unspecified atom stereocenters. The van der Waals surface area contributed by atoms with Crippen LogP contribution >= 0.6 is 11.8 Å². The van der Waals surface area contributed by atoms with Gasteiger partial charge >= 0.3 is 6.09 Å². The van der Waals surface area contributed by atoms with E-state index in [9.17, 15) is 15.0 Å². The number of aliphatic hydroxyl groups excluding tert-OH is 2. The van der Waals surface area contributed by atoms with E-state index in [0.717, 1.165) is 0 Å². The molecule has 2 aliphatic heterocycles. The first-order valence-electron chi connectivity index (χ1n) is 7.35. The van der Waals surface area contributed by atoms with E-state index >= 15 is 0 Å². The average molecular weight is 333 g/mol. The van der Waals surface area contributed by atoms with E-state index in [0.29, 0.717) is 11.7 Å². The topological polar surface area (TPSA) is 112 Å². The number of alkyl carbamates (subject to hydrolysis) is 1. The molecular formula is C13H23N3O5S. The number of ether oxygens (including phenoxy) is 2. The quantitative estimate of drug-likeness (QED) is 0.556. The fourth-order valence-corrected chi connectivity index (χ4v) is 3.37. The summed E-state index contributed by atoms with van der Waals surface area (Å²) in [5.41, 5.74) is -0.436. The summed E-state index contributed by atoms with van der Waals surface area (Å²) >= 11 is 1.21. The molecule has 1 amide bonds. The van der Waals surface area contributed by atoms with Gasteiger partial charge in [-0.1, -0.05) is 25.6 Å².